The van der Waals surface area contributed by atoms with Gasteiger partial charge in [-0.2, -0.15) is 0 Å². The van der Waals surface area contributed by atoms with Crippen molar-refractivity contribution >= 4 is 0 Å². The Morgan fingerprint density at radius 1 is 1.31 bits per heavy atom. The molecule has 0 saturated carbocycles. The molecule has 2 rings (SSSR count). The lowest BCUT2D eigenvalue weighted by Crippen LogP contribution is -2.21. The van der Waals surface area contributed by atoms with Gasteiger partial charge in [0.1, 0.15) is 0 Å². The van der Waals surface area contributed by atoms with Gasteiger partial charge < -0.3 is 5.32 Å². The predicted molar refractivity (Wildman–Crippen MR) is 56.6 cm³/mol. The van der Waals surface area contributed by atoms with Crippen LogP contribution in [0.25, 0.3) is 0 Å². The Hall–Kier alpha value is -0.820. The first-order valence-electron chi connectivity index (χ1n) is 5.14. The molecule has 70 valence electrons. The molecule has 0 saturated heterocycles. The van der Waals surface area contributed by atoms with E-state index < -0.39 is 0 Å². The van der Waals surface area contributed by atoms with E-state index in [4.69, 9.17) is 0 Å². The lowest BCUT2D eigenvalue weighted by molar-refractivity contribution is 0.706. The standard InChI is InChI=1S/C12H17N/c1-10-4-2-3-5-12(10)11-6-8-13-9-7-11/h3,5-6,13H,2,4,7-9H2,1H3. The van der Waals surface area contributed by atoms with Crippen LogP contribution in [-0.2, 0) is 0 Å². The average molecular weight is 175 g/mol. The summed E-state index contributed by atoms with van der Waals surface area (Å²) in [7, 11) is 0. The molecule has 1 aliphatic heterocycles. The molecular weight excluding hydrogens is 158 g/mol. The van der Waals surface area contributed by atoms with Crippen molar-refractivity contribution in [2.75, 3.05) is 13.1 Å². The Morgan fingerprint density at radius 3 is 2.92 bits per heavy atom. The van der Waals surface area contributed by atoms with Gasteiger partial charge >= 0.3 is 0 Å². The summed E-state index contributed by atoms with van der Waals surface area (Å²) >= 11 is 0. The number of hydrogen-bond acceptors (Lipinski definition) is 1. The maximum atomic E-state index is 3.35. The van der Waals surface area contributed by atoms with Gasteiger partial charge in [-0.25, -0.2) is 0 Å². The van der Waals surface area contributed by atoms with Gasteiger partial charge in [0.2, 0.25) is 0 Å². The minimum Gasteiger partial charge on any atom is -0.313 e. The molecule has 0 radical (unpaired) electrons. The van der Waals surface area contributed by atoms with Gasteiger partial charge in [0, 0.05) is 6.54 Å². The van der Waals surface area contributed by atoms with Gasteiger partial charge in [0.05, 0.1) is 0 Å². The zero-order valence-electron chi connectivity index (χ0n) is 8.27. The first-order chi connectivity index (χ1) is 6.38. The van der Waals surface area contributed by atoms with E-state index in [0.717, 1.165) is 13.1 Å². The SMILES string of the molecule is CC1=C(C2=CCNCC2)C=CCC1. The Labute approximate surface area is 80.2 Å². The molecule has 0 aromatic heterocycles. The largest absolute Gasteiger partial charge is 0.313 e. The van der Waals surface area contributed by atoms with Crippen molar-refractivity contribution in [3.63, 3.8) is 0 Å². The summed E-state index contributed by atoms with van der Waals surface area (Å²) in [5.41, 5.74) is 4.62. The summed E-state index contributed by atoms with van der Waals surface area (Å²) in [6, 6.07) is 0. The van der Waals surface area contributed by atoms with E-state index in [1.807, 2.05) is 0 Å². The van der Waals surface area contributed by atoms with Gasteiger partial charge in [-0.3, -0.25) is 0 Å². The fourth-order valence-electron chi connectivity index (χ4n) is 2.03. The third kappa shape index (κ3) is 1.92. The van der Waals surface area contributed by atoms with Crippen molar-refractivity contribution in [3.8, 4) is 0 Å². The summed E-state index contributed by atoms with van der Waals surface area (Å²) in [4.78, 5) is 0. The second-order valence-corrected chi connectivity index (χ2v) is 3.82. The fourth-order valence-corrected chi connectivity index (χ4v) is 2.03. The predicted octanol–water partition coefficient (Wildman–Crippen LogP) is 2.57. The lowest BCUT2D eigenvalue weighted by atomic mass is 9.90. The highest BCUT2D eigenvalue weighted by Crippen LogP contribution is 2.26. The van der Waals surface area contributed by atoms with Gasteiger partial charge in [-0.15, -0.1) is 0 Å². The van der Waals surface area contributed by atoms with Crippen LogP contribution < -0.4 is 5.32 Å². The van der Waals surface area contributed by atoms with Gasteiger partial charge in [-0.1, -0.05) is 23.8 Å². The van der Waals surface area contributed by atoms with E-state index in [1.54, 1.807) is 11.1 Å². The van der Waals surface area contributed by atoms with Crippen molar-refractivity contribution in [2.45, 2.75) is 26.2 Å². The van der Waals surface area contributed by atoms with Crippen molar-refractivity contribution in [2.24, 2.45) is 0 Å². The van der Waals surface area contributed by atoms with E-state index in [1.165, 1.54) is 24.8 Å². The number of nitrogens with one attached hydrogen (secondary N) is 1. The van der Waals surface area contributed by atoms with Crippen LogP contribution in [0.2, 0.25) is 0 Å². The summed E-state index contributed by atoms with van der Waals surface area (Å²) in [6.07, 6.45) is 10.6. The average Bonchev–Trinajstić information content (AvgIpc) is 2.20. The minimum absolute atomic E-state index is 1.04. The van der Waals surface area contributed by atoms with Crippen molar-refractivity contribution in [3.05, 3.63) is 34.9 Å². The molecule has 1 aliphatic carbocycles. The van der Waals surface area contributed by atoms with Gasteiger partial charge in [0.15, 0.2) is 0 Å². The van der Waals surface area contributed by atoms with Crippen molar-refractivity contribution in [1.29, 1.82) is 0 Å². The summed E-state index contributed by atoms with van der Waals surface area (Å²) in [5.74, 6) is 0. The maximum absolute atomic E-state index is 3.35. The summed E-state index contributed by atoms with van der Waals surface area (Å²) in [6.45, 7) is 4.44. The van der Waals surface area contributed by atoms with Crippen LogP contribution in [0, 0.1) is 0 Å². The third-order valence-electron chi connectivity index (χ3n) is 2.84. The molecule has 13 heavy (non-hydrogen) atoms. The number of allylic oxidation sites excluding steroid dienone is 4. The van der Waals surface area contributed by atoms with Crippen LogP contribution in [0.1, 0.15) is 26.2 Å². The van der Waals surface area contributed by atoms with Crippen LogP contribution >= 0.6 is 0 Å². The van der Waals surface area contributed by atoms with E-state index in [9.17, 15) is 0 Å². The van der Waals surface area contributed by atoms with Crippen molar-refractivity contribution < 1.29 is 0 Å². The van der Waals surface area contributed by atoms with E-state index >= 15 is 0 Å². The molecule has 1 heterocycles. The third-order valence-corrected chi connectivity index (χ3v) is 2.84. The molecule has 1 N–H and O–H groups in total. The molecule has 0 aromatic rings. The van der Waals surface area contributed by atoms with E-state index in [-0.39, 0.29) is 0 Å². The molecule has 0 atom stereocenters. The molecule has 1 nitrogen and oxygen atoms in total. The van der Waals surface area contributed by atoms with Crippen LogP contribution in [0.15, 0.2) is 34.9 Å². The van der Waals surface area contributed by atoms with Crippen molar-refractivity contribution in [1.82, 2.24) is 5.32 Å². The zero-order valence-corrected chi connectivity index (χ0v) is 8.27. The normalized spacial score (nSPS) is 23.3. The van der Waals surface area contributed by atoms with Gasteiger partial charge in [-0.05, 0) is 43.9 Å². The van der Waals surface area contributed by atoms with Gasteiger partial charge in [0.25, 0.3) is 0 Å². The Kier molecular flexibility index (Phi) is 2.65. The topological polar surface area (TPSA) is 12.0 Å². The Balaban J connectivity index is 2.23. The van der Waals surface area contributed by atoms with Crippen LogP contribution in [0.5, 0.6) is 0 Å². The molecule has 0 amide bonds. The summed E-state index contributed by atoms with van der Waals surface area (Å²) < 4.78 is 0. The Bertz CT molecular complexity index is 281. The monoisotopic (exact) mass is 175 g/mol. The first-order valence-corrected chi connectivity index (χ1v) is 5.14. The maximum Gasteiger partial charge on any atom is 0.0140 e. The quantitative estimate of drug-likeness (QED) is 0.646. The van der Waals surface area contributed by atoms with Crippen LogP contribution in [0.4, 0.5) is 0 Å². The molecule has 0 unspecified atom stereocenters. The van der Waals surface area contributed by atoms with E-state index in [2.05, 4.69) is 30.5 Å². The fraction of sp³-hybridized carbons (Fsp3) is 0.500. The highest BCUT2D eigenvalue weighted by atomic mass is 14.8. The molecule has 2 aliphatic rings. The van der Waals surface area contributed by atoms with Crippen LogP contribution in [-0.4, -0.2) is 13.1 Å². The molecule has 0 spiro atoms. The first kappa shape index (κ1) is 8.76. The second kappa shape index (κ2) is 3.93. The lowest BCUT2D eigenvalue weighted by Gasteiger charge is -2.19. The number of hydrogen-bond donors (Lipinski definition) is 1. The second-order valence-electron chi connectivity index (χ2n) is 3.82. The zero-order chi connectivity index (χ0) is 9.10. The smallest absolute Gasteiger partial charge is 0.0140 e. The molecule has 0 aromatic carbocycles. The minimum atomic E-state index is 1.04. The highest BCUT2D eigenvalue weighted by Gasteiger charge is 2.10. The van der Waals surface area contributed by atoms with E-state index in [0.29, 0.717) is 0 Å². The molecule has 0 bridgehead atoms. The van der Waals surface area contributed by atoms with Crippen LogP contribution in [0.3, 0.4) is 0 Å². The summed E-state index contributed by atoms with van der Waals surface area (Å²) in [5, 5.41) is 3.35. The molecule has 0 fully saturated rings. The molecular formula is C12H17N. The highest BCUT2D eigenvalue weighted by molar-refractivity contribution is 5.45. The number of rotatable bonds is 1. The Morgan fingerprint density at radius 2 is 2.23 bits per heavy atom. The molecule has 1 heteroatoms.